The highest BCUT2D eigenvalue weighted by Crippen LogP contribution is 2.25. The van der Waals surface area contributed by atoms with E-state index in [2.05, 4.69) is 22.0 Å². The van der Waals surface area contributed by atoms with E-state index in [0.717, 1.165) is 46.6 Å². The minimum absolute atomic E-state index is 0.0721. The summed E-state index contributed by atoms with van der Waals surface area (Å²) in [5.74, 6) is 0.981. The highest BCUT2D eigenvalue weighted by molar-refractivity contribution is 5.82. The second-order valence-electron chi connectivity index (χ2n) is 6.33. The first-order chi connectivity index (χ1) is 11.8. The van der Waals surface area contributed by atoms with Crippen LogP contribution >= 0.6 is 0 Å². The average Bonchev–Trinajstić information content (AvgIpc) is 2.68. The van der Waals surface area contributed by atoms with Gasteiger partial charge in [0, 0.05) is 13.1 Å². The van der Waals surface area contributed by atoms with E-state index in [9.17, 15) is 5.11 Å². The fraction of sp³-hybridized carbons (Fsp3) is 0.300. The molecule has 1 saturated heterocycles. The molecule has 4 nitrogen and oxygen atoms in total. The standard InChI is InChI=1S/C20H21N3O/c24-14-15-4-6-16(7-5-15)17-8-9-18-19(12-17)22-20(13-21-18)23-10-2-1-3-11-23/h4-9,12-13,24H,1-3,10-11,14H2. The van der Waals surface area contributed by atoms with Crippen molar-refractivity contribution in [1.29, 1.82) is 0 Å². The summed E-state index contributed by atoms with van der Waals surface area (Å²) in [4.78, 5) is 11.8. The van der Waals surface area contributed by atoms with Crippen molar-refractivity contribution in [2.75, 3.05) is 18.0 Å². The Labute approximate surface area is 141 Å². The lowest BCUT2D eigenvalue weighted by atomic mass is 10.0. The zero-order chi connectivity index (χ0) is 16.4. The van der Waals surface area contributed by atoms with Crippen molar-refractivity contribution in [3.63, 3.8) is 0 Å². The molecule has 1 fully saturated rings. The largest absolute Gasteiger partial charge is 0.392 e. The summed E-state index contributed by atoms with van der Waals surface area (Å²) >= 11 is 0. The van der Waals surface area contributed by atoms with Gasteiger partial charge in [-0.2, -0.15) is 0 Å². The van der Waals surface area contributed by atoms with Crippen molar-refractivity contribution in [1.82, 2.24) is 9.97 Å². The average molecular weight is 319 g/mol. The predicted molar refractivity (Wildman–Crippen MR) is 97.0 cm³/mol. The van der Waals surface area contributed by atoms with Crippen LogP contribution in [0.15, 0.2) is 48.7 Å². The van der Waals surface area contributed by atoms with E-state index in [1.165, 1.54) is 19.3 Å². The SMILES string of the molecule is OCc1ccc(-c2ccc3ncc(N4CCCCC4)nc3c2)cc1. The maximum Gasteiger partial charge on any atom is 0.147 e. The van der Waals surface area contributed by atoms with Crippen LogP contribution in [0.4, 0.5) is 5.82 Å². The number of piperidine rings is 1. The van der Waals surface area contributed by atoms with Gasteiger partial charge in [-0.3, -0.25) is 4.98 Å². The van der Waals surface area contributed by atoms with Crippen molar-refractivity contribution in [3.8, 4) is 11.1 Å². The molecule has 1 aromatic heterocycles. The quantitative estimate of drug-likeness (QED) is 0.798. The normalized spacial score (nSPS) is 15.0. The Hall–Kier alpha value is -2.46. The summed E-state index contributed by atoms with van der Waals surface area (Å²) in [6, 6.07) is 14.2. The molecule has 1 N–H and O–H groups in total. The monoisotopic (exact) mass is 319 g/mol. The van der Waals surface area contributed by atoms with Crippen molar-refractivity contribution < 1.29 is 5.11 Å². The molecule has 1 aliphatic heterocycles. The molecular formula is C20H21N3O. The Morgan fingerprint density at radius 1 is 0.875 bits per heavy atom. The number of fused-ring (bicyclic) bond motifs is 1. The molecule has 2 aromatic carbocycles. The van der Waals surface area contributed by atoms with E-state index in [1.54, 1.807) is 0 Å². The second-order valence-corrected chi connectivity index (χ2v) is 6.33. The van der Waals surface area contributed by atoms with E-state index in [0.29, 0.717) is 0 Å². The first-order valence-corrected chi connectivity index (χ1v) is 8.55. The van der Waals surface area contributed by atoms with Gasteiger partial charge in [-0.15, -0.1) is 0 Å². The fourth-order valence-corrected chi connectivity index (χ4v) is 3.26. The van der Waals surface area contributed by atoms with E-state index >= 15 is 0 Å². The first-order valence-electron chi connectivity index (χ1n) is 8.55. The molecule has 0 unspecified atom stereocenters. The van der Waals surface area contributed by atoms with Gasteiger partial charge in [0.1, 0.15) is 5.82 Å². The molecule has 1 aliphatic rings. The third-order valence-corrected chi connectivity index (χ3v) is 4.68. The minimum atomic E-state index is 0.0721. The number of nitrogens with zero attached hydrogens (tertiary/aromatic N) is 3. The Kier molecular flexibility index (Phi) is 4.13. The van der Waals surface area contributed by atoms with Crippen LogP contribution in [0.3, 0.4) is 0 Å². The number of anilines is 1. The van der Waals surface area contributed by atoms with Crippen LogP contribution in [-0.4, -0.2) is 28.2 Å². The van der Waals surface area contributed by atoms with Crippen LogP contribution in [0.5, 0.6) is 0 Å². The Balaban J connectivity index is 1.69. The lowest BCUT2D eigenvalue weighted by Gasteiger charge is -2.27. The van der Waals surface area contributed by atoms with Gasteiger partial charge >= 0.3 is 0 Å². The zero-order valence-electron chi connectivity index (χ0n) is 13.7. The van der Waals surface area contributed by atoms with Gasteiger partial charge in [0.05, 0.1) is 23.8 Å². The zero-order valence-corrected chi connectivity index (χ0v) is 13.7. The maximum absolute atomic E-state index is 9.17. The molecule has 4 rings (SSSR count). The molecule has 0 radical (unpaired) electrons. The number of aliphatic hydroxyl groups is 1. The van der Waals surface area contributed by atoms with Crippen LogP contribution < -0.4 is 4.90 Å². The number of hydrogen-bond acceptors (Lipinski definition) is 4. The lowest BCUT2D eigenvalue weighted by molar-refractivity contribution is 0.282. The molecule has 122 valence electrons. The molecule has 0 atom stereocenters. The van der Waals surface area contributed by atoms with Gasteiger partial charge in [0.15, 0.2) is 0 Å². The molecule has 24 heavy (non-hydrogen) atoms. The van der Waals surface area contributed by atoms with Crippen LogP contribution in [0.25, 0.3) is 22.2 Å². The molecule has 4 heteroatoms. The van der Waals surface area contributed by atoms with Crippen LogP contribution in [0, 0.1) is 0 Å². The van der Waals surface area contributed by atoms with Gasteiger partial charge in [0.25, 0.3) is 0 Å². The second kappa shape index (κ2) is 6.57. The Morgan fingerprint density at radius 2 is 1.62 bits per heavy atom. The molecule has 0 amide bonds. The Bertz CT molecular complexity index is 839. The van der Waals surface area contributed by atoms with Gasteiger partial charge < -0.3 is 10.0 Å². The fourth-order valence-electron chi connectivity index (χ4n) is 3.26. The third-order valence-electron chi connectivity index (χ3n) is 4.68. The minimum Gasteiger partial charge on any atom is -0.392 e. The smallest absolute Gasteiger partial charge is 0.147 e. The van der Waals surface area contributed by atoms with E-state index < -0.39 is 0 Å². The number of rotatable bonds is 3. The van der Waals surface area contributed by atoms with Gasteiger partial charge in [-0.1, -0.05) is 30.3 Å². The van der Waals surface area contributed by atoms with E-state index in [4.69, 9.17) is 4.98 Å². The van der Waals surface area contributed by atoms with Crippen molar-refractivity contribution in [3.05, 3.63) is 54.2 Å². The molecule has 0 bridgehead atoms. The molecular weight excluding hydrogens is 298 g/mol. The summed E-state index contributed by atoms with van der Waals surface area (Å²) in [6.07, 6.45) is 5.67. The first kappa shape index (κ1) is 15.1. The molecule has 2 heterocycles. The summed E-state index contributed by atoms with van der Waals surface area (Å²) < 4.78 is 0. The van der Waals surface area contributed by atoms with Crippen molar-refractivity contribution >= 4 is 16.9 Å². The van der Waals surface area contributed by atoms with Crippen molar-refractivity contribution in [2.45, 2.75) is 25.9 Å². The summed E-state index contributed by atoms with van der Waals surface area (Å²) in [6.45, 7) is 2.22. The topological polar surface area (TPSA) is 49.3 Å². The molecule has 0 saturated carbocycles. The van der Waals surface area contributed by atoms with E-state index in [-0.39, 0.29) is 6.61 Å². The van der Waals surface area contributed by atoms with Gasteiger partial charge in [0.2, 0.25) is 0 Å². The predicted octanol–water partition coefficient (Wildman–Crippen LogP) is 3.78. The summed E-state index contributed by atoms with van der Waals surface area (Å²) in [5, 5.41) is 9.17. The van der Waals surface area contributed by atoms with Gasteiger partial charge in [-0.25, -0.2) is 4.98 Å². The highest BCUT2D eigenvalue weighted by Gasteiger charge is 2.13. The Morgan fingerprint density at radius 3 is 2.38 bits per heavy atom. The summed E-state index contributed by atoms with van der Waals surface area (Å²) in [5.41, 5.74) is 5.02. The number of aliphatic hydroxyl groups excluding tert-OH is 1. The van der Waals surface area contributed by atoms with Crippen molar-refractivity contribution in [2.24, 2.45) is 0 Å². The van der Waals surface area contributed by atoms with Crippen LogP contribution in [0.2, 0.25) is 0 Å². The molecule has 0 spiro atoms. The van der Waals surface area contributed by atoms with Gasteiger partial charge in [-0.05, 0) is 48.1 Å². The highest BCUT2D eigenvalue weighted by atomic mass is 16.3. The third kappa shape index (κ3) is 2.97. The maximum atomic E-state index is 9.17. The summed E-state index contributed by atoms with van der Waals surface area (Å²) in [7, 11) is 0. The molecule has 0 aliphatic carbocycles. The lowest BCUT2D eigenvalue weighted by Crippen LogP contribution is -2.30. The number of aromatic nitrogens is 2. The molecule has 3 aromatic rings. The number of hydrogen-bond donors (Lipinski definition) is 1. The van der Waals surface area contributed by atoms with Crippen LogP contribution in [0.1, 0.15) is 24.8 Å². The number of benzene rings is 2. The van der Waals surface area contributed by atoms with E-state index in [1.807, 2.05) is 36.5 Å². The van der Waals surface area contributed by atoms with Crippen LogP contribution in [-0.2, 0) is 6.61 Å².